The first kappa shape index (κ1) is 21.0. The summed E-state index contributed by atoms with van der Waals surface area (Å²) in [5, 5.41) is 3.10. The smallest absolute Gasteiger partial charge is 0.242 e. The Bertz CT molecular complexity index is 844. The first-order valence-electron chi connectivity index (χ1n) is 10.3. The molecule has 0 aliphatic heterocycles. The topological polar surface area (TPSA) is 49.4 Å². The number of carbonyl (C=O) groups is 2. The summed E-state index contributed by atoms with van der Waals surface area (Å²) in [6.45, 7) is 4.15. The molecule has 0 radical (unpaired) electrons. The van der Waals surface area contributed by atoms with Gasteiger partial charge in [0.15, 0.2) is 0 Å². The highest BCUT2D eigenvalue weighted by Gasteiger charge is 2.28. The predicted molar refractivity (Wildman–Crippen MR) is 112 cm³/mol. The van der Waals surface area contributed by atoms with Crippen LogP contribution in [0.4, 0.5) is 4.39 Å². The van der Waals surface area contributed by atoms with Crippen LogP contribution in [-0.4, -0.2) is 28.8 Å². The van der Waals surface area contributed by atoms with Crippen molar-refractivity contribution in [3.8, 4) is 0 Å². The van der Waals surface area contributed by atoms with Crippen LogP contribution in [0.2, 0.25) is 0 Å². The van der Waals surface area contributed by atoms with Crippen molar-refractivity contribution in [2.24, 2.45) is 0 Å². The molecule has 1 aliphatic carbocycles. The molecule has 0 aromatic heterocycles. The summed E-state index contributed by atoms with van der Waals surface area (Å²) in [6.07, 6.45) is 4.40. The van der Waals surface area contributed by atoms with Gasteiger partial charge >= 0.3 is 0 Å². The highest BCUT2D eigenvalue weighted by atomic mass is 19.1. The van der Waals surface area contributed by atoms with Gasteiger partial charge in [0.25, 0.3) is 0 Å². The standard InChI is InChI=1S/C24H29FN2O2/c1-17-6-5-7-20(14-17)16-27(18(2)24(29)26-22-8-3-4-9-22)23(28)15-19-10-12-21(25)13-11-19/h5-7,10-14,18,22H,3-4,8-9,15-16H2,1-2H3,(H,26,29)/t18-/m1/s1. The van der Waals surface area contributed by atoms with Crippen molar-refractivity contribution >= 4 is 11.8 Å². The summed E-state index contributed by atoms with van der Waals surface area (Å²) >= 11 is 0. The number of hydrogen-bond acceptors (Lipinski definition) is 2. The highest BCUT2D eigenvalue weighted by Crippen LogP contribution is 2.19. The molecule has 1 atom stereocenters. The average molecular weight is 397 g/mol. The lowest BCUT2D eigenvalue weighted by molar-refractivity contribution is -0.140. The minimum absolute atomic E-state index is 0.114. The van der Waals surface area contributed by atoms with Crippen molar-refractivity contribution in [2.45, 2.75) is 64.6 Å². The molecule has 1 saturated carbocycles. The molecular weight excluding hydrogens is 367 g/mol. The van der Waals surface area contributed by atoms with Gasteiger partial charge in [0.1, 0.15) is 11.9 Å². The van der Waals surface area contributed by atoms with Crippen LogP contribution >= 0.6 is 0 Å². The molecule has 1 N–H and O–H groups in total. The van der Waals surface area contributed by atoms with Gasteiger partial charge < -0.3 is 10.2 Å². The van der Waals surface area contributed by atoms with Crippen molar-refractivity contribution < 1.29 is 14.0 Å². The van der Waals surface area contributed by atoms with E-state index in [9.17, 15) is 14.0 Å². The molecule has 1 fully saturated rings. The molecule has 1 aliphatic rings. The maximum Gasteiger partial charge on any atom is 0.242 e. The lowest BCUT2D eigenvalue weighted by Gasteiger charge is -2.30. The molecule has 5 heteroatoms. The third-order valence-corrected chi connectivity index (χ3v) is 5.57. The third kappa shape index (κ3) is 5.89. The van der Waals surface area contributed by atoms with E-state index in [1.807, 2.05) is 31.2 Å². The Morgan fingerprint density at radius 3 is 2.45 bits per heavy atom. The van der Waals surface area contributed by atoms with Gasteiger partial charge in [-0.15, -0.1) is 0 Å². The van der Waals surface area contributed by atoms with Crippen LogP contribution in [0.15, 0.2) is 48.5 Å². The average Bonchev–Trinajstić information content (AvgIpc) is 3.20. The molecule has 154 valence electrons. The lowest BCUT2D eigenvalue weighted by Crippen LogP contribution is -2.50. The quantitative estimate of drug-likeness (QED) is 0.764. The van der Waals surface area contributed by atoms with Gasteiger partial charge in [-0.25, -0.2) is 4.39 Å². The second kappa shape index (κ2) is 9.68. The third-order valence-electron chi connectivity index (χ3n) is 5.57. The van der Waals surface area contributed by atoms with Crippen LogP contribution in [-0.2, 0) is 22.6 Å². The van der Waals surface area contributed by atoms with Gasteiger partial charge in [-0.1, -0.05) is 54.8 Å². The molecule has 29 heavy (non-hydrogen) atoms. The summed E-state index contributed by atoms with van der Waals surface area (Å²) in [6, 6.07) is 13.5. The van der Waals surface area contributed by atoms with Crippen molar-refractivity contribution in [1.82, 2.24) is 10.2 Å². The van der Waals surface area contributed by atoms with E-state index in [1.165, 1.54) is 12.1 Å². The Hall–Kier alpha value is -2.69. The first-order valence-corrected chi connectivity index (χ1v) is 10.3. The molecule has 0 unspecified atom stereocenters. The van der Waals surface area contributed by atoms with Crippen LogP contribution in [0.1, 0.15) is 49.3 Å². The Morgan fingerprint density at radius 1 is 1.10 bits per heavy atom. The molecular formula is C24H29FN2O2. The number of benzene rings is 2. The first-order chi connectivity index (χ1) is 13.9. The normalized spacial score (nSPS) is 15.1. The minimum atomic E-state index is -0.580. The molecule has 0 saturated heterocycles. The highest BCUT2D eigenvalue weighted by molar-refractivity contribution is 5.88. The second-order valence-electron chi connectivity index (χ2n) is 7.98. The summed E-state index contributed by atoms with van der Waals surface area (Å²) in [4.78, 5) is 27.6. The Morgan fingerprint density at radius 2 is 1.79 bits per heavy atom. The summed E-state index contributed by atoms with van der Waals surface area (Å²) < 4.78 is 13.2. The van der Waals surface area contributed by atoms with Crippen LogP contribution in [0.5, 0.6) is 0 Å². The summed E-state index contributed by atoms with van der Waals surface area (Å²) in [5.41, 5.74) is 2.82. The number of rotatable bonds is 7. The number of nitrogens with zero attached hydrogens (tertiary/aromatic N) is 1. The van der Waals surface area contributed by atoms with E-state index in [4.69, 9.17) is 0 Å². The number of carbonyl (C=O) groups excluding carboxylic acids is 2. The molecule has 4 nitrogen and oxygen atoms in total. The number of hydrogen-bond donors (Lipinski definition) is 1. The molecule has 0 bridgehead atoms. The van der Waals surface area contributed by atoms with Crippen LogP contribution in [0, 0.1) is 12.7 Å². The molecule has 2 amide bonds. The van der Waals surface area contributed by atoms with E-state index >= 15 is 0 Å². The van der Waals surface area contributed by atoms with Crippen molar-refractivity contribution in [1.29, 1.82) is 0 Å². The molecule has 3 rings (SSSR count). The zero-order chi connectivity index (χ0) is 20.8. The maximum absolute atomic E-state index is 13.2. The van der Waals surface area contributed by atoms with E-state index in [1.54, 1.807) is 24.0 Å². The van der Waals surface area contributed by atoms with Gasteiger partial charge in [0.05, 0.1) is 6.42 Å². The fourth-order valence-corrected chi connectivity index (χ4v) is 3.86. The van der Waals surface area contributed by atoms with Gasteiger partial charge in [0, 0.05) is 12.6 Å². The van der Waals surface area contributed by atoms with Gasteiger partial charge in [-0.3, -0.25) is 9.59 Å². The zero-order valence-electron chi connectivity index (χ0n) is 17.2. The maximum atomic E-state index is 13.2. The van der Waals surface area contributed by atoms with Crippen molar-refractivity contribution in [3.05, 3.63) is 71.0 Å². The number of nitrogens with one attached hydrogen (secondary N) is 1. The predicted octanol–water partition coefficient (Wildman–Crippen LogP) is 4.15. The molecule has 2 aromatic carbocycles. The fourth-order valence-electron chi connectivity index (χ4n) is 3.86. The monoisotopic (exact) mass is 396 g/mol. The van der Waals surface area contributed by atoms with E-state index < -0.39 is 6.04 Å². The van der Waals surface area contributed by atoms with Crippen LogP contribution in [0.25, 0.3) is 0 Å². The van der Waals surface area contributed by atoms with E-state index in [0.29, 0.717) is 6.54 Å². The zero-order valence-corrected chi connectivity index (χ0v) is 17.2. The Balaban J connectivity index is 1.76. The number of aryl methyl sites for hydroxylation is 1. The van der Waals surface area contributed by atoms with Crippen molar-refractivity contribution in [3.63, 3.8) is 0 Å². The van der Waals surface area contributed by atoms with E-state index in [-0.39, 0.29) is 30.1 Å². The Kier molecular flexibility index (Phi) is 7.02. The van der Waals surface area contributed by atoms with Crippen molar-refractivity contribution in [2.75, 3.05) is 0 Å². The lowest BCUT2D eigenvalue weighted by atomic mass is 10.1. The largest absolute Gasteiger partial charge is 0.352 e. The van der Waals surface area contributed by atoms with Crippen LogP contribution < -0.4 is 5.32 Å². The van der Waals surface area contributed by atoms with Gasteiger partial charge in [-0.05, 0) is 49.9 Å². The fraction of sp³-hybridized carbons (Fsp3) is 0.417. The minimum Gasteiger partial charge on any atom is -0.352 e. The van der Waals surface area contributed by atoms with Crippen LogP contribution in [0.3, 0.4) is 0 Å². The Labute approximate surface area is 172 Å². The van der Waals surface area contributed by atoms with Gasteiger partial charge in [-0.2, -0.15) is 0 Å². The van der Waals surface area contributed by atoms with Gasteiger partial charge in [0.2, 0.25) is 11.8 Å². The molecule has 0 spiro atoms. The number of amides is 2. The summed E-state index contributed by atoms with van der Waals surface area (Å²) in [7, 11) is 0. The van der Waals surface area contributed by atoms with E-state index in [0.717, 1.165) is 42.4 Å². The van der Waals surface area contributed by atoms with E-state index in [2.05, 4.69) is 5.32 Å². The SMILES string of the molecule is Cc1cccc(CN(C(=O)Cc2ccc(F)cc2)[C@H](C)C(=O)NC2CCCC2)c1. The summed E-state index contributed by atoms with van der Waals surface area (Å²) in [5.74, 6) is -0.591. The second-order valence-corrected chi connectivity index (χ2v) is 7.98. The molecule has 2 aromatic rings. The number of halogens is 1. The molecule has 0 heterocycles.